The summed E-state index contributed by atoms with van der Waals surface area (Å²) in [5.74, 6) is 0.868. The van der Waals surface area contributed by atoms with E-state index in [9.17, 15) is 9.59 Å². The molecule has 1 amide bonds. The number of thiophene rings is 1. The van der Waals surface area contributed by atoms with E-state index in [4.69, 9.17) is 4.74 Å². The van der Waals surface area contributed by atoms with Crippen molar-refractivity contribution >= 4 is 34.2 Å². The Morgan fingerprint density at radius 2 is 1.90 bits per heavy atom. The van der Waals surface area contributed by atoms with Gasteiger partial charge in [0.2, 0.25) is 11.9 Å². The van der Waals surface area contributed by atoms with Gasteiger partial charge in [-0.15, -0.1) is 11.3 Å². The minimum atomic E-state index is -0.326. The monoisotopic (exact) mass is 442 g/mol. The van der Waals surface area contributed by atoms with Crippen molar-refractivity contribution in [2.45, 2.75) is 59.0 Å². The van der Waals surface area contributed by atoms with Gasteiger partial charge >= 0.3 is 5.97 Å². The van der Waals surface area contributed by atoms with E-state index in [-0.39, 0.29) is 23.9 Å². The molecule has 1 atom stereocenters. The van der Waals surface area contributed by atoms with Crippen molar-refractivity contribution in [3.63, 3.8) is 0 Å². The van der Waals surface area contributed by atoms with Gasteiger partial charge in [-0.2, -0.15) is 0 Å². The number of piperidine rings is 1. The Kier molecular flexibility index (Phi) is 6.55. The smallest absolute Gasteiger partial charge is 0.341 e. The molecule has 7 nitrogen and oxygen atoms in total. The van der Waals surface area contributed by atoms with E-state index in [2.05, 4.69) is 27.1 Å². The normalized spacial score (nSPS) is 19.2. The van der Waals surface area contributed by atoms with Gasteiger partial charge in [0, 0.05) is 36.3 Å². The van der Waals surface area contributed by atoms with Gasteiger partial charge in [-0.3, -0.25) is 4.79 Å². The first-order chi connectivity index (χ1) is 14.9. The molecular formula is C23H30N4O3S. The lowest BCUT2D eigenvalue weighted by molar-refractivity contribution is -0.120. The number of nitrogens with one attached hydrogen (secondary N) is 1. The number of fused-ring (bicyclic) bond motifs is 1. The Labute approximate surface area is 187 Å². The first-order valence-electron chi connectivity index (χ1n) is 11.1. The standard InChI is InChI=1S/C23H30N4O3S/c1-14(2)30-22(29)19-17-6-5-15(3)13-18(17)31-21(19)26-20(28)16-7-11-27(12-8-16)23-24-9-4-10-25-23/h4,9-10,14-16H,5-8,11-13H2,1-3H3,(H,26,28). The predicted octanol–water partition coefficient (Wildman–Crippen LogP) is 4.08. The Morgan fingerprint density at radius 3 is 2.58 bits per heavy atom. The summed E-state index contributed by atoms with van der Waals surface area (Å²) >= 11 is 1.55. The molecule has 2 aromatic heterocycles. The van der Waals surface area contributed by atoms with E-state index in [1.807, 2.05) is 13.8 Å². The quantitative estimate of drug-likeness (QED) is 0.703. The van der Waals surface area contributed by atoms with Crippen LogP contribution >= 0.6 is 11.3 Å². The Bertz CT molecular complexity index is 936. The largest absolute Gasteiger partial charge is 0.459 e. The summed E-state index contributed by atoms with van der Waals surface area (Å²) in [6.07, 6.45) is 7.61. The average molecular weight is 443 g/mol. The van der Waals surface area contributed by atoms with Gasteiger partial charge in [0.05, 0.1) is 11.7 Å². The zero-order valence-corrected chi connectivity index (χ0v) is 19.2. The molecule has 2 aromatic rings. The molecule has 2 aliphatic rings. The molecule has 1 saturated heterocycles. The molecule has 1 N–H and O–H groups in total. The van der Waals surface area contributed by atoms with Crippen LogP contribution in [0.25, 0.3) is 0 Å². The third-order valence-corrected chi connectivity index (χ3v) is 7.17. The van der Waals surface area contributed by atoms with Gasteiger partial charge in [-0.25, -0.2) is 14.8 Å². The van der Waals surface area contributed by atoms with Crippen molar-refractivity contribution in [1.82, 2.24) is 9.97 Å². The van der Waals surface area contributed by atoms with E-state index < -0.39 is 0 Å². The van der Waals surface area contributed by atoms with Crippen LogP contribution in [0.15, 0.2) is 18.5 Å². The molecule has 4 rings (SSSR count). The van der Waals surface area contributed by atoms with Gasteiger partial charge in [-0.1, -0.05) is 6.92 Å². The Morgan fingerprint density at radius 1 is 1.19 bits per heavy atom. The summed E-state index contributed by atoms with van der Waals surface area (Å²) in [6, 6.07) is 1.80. The highest BCUT2D eigenvalue weighted by atomic mass is 32.1. The highest BCUT2D eigenvalue weighted by Gasteiger charge is 2.32. The second-order valence-electron chi connectivity index (χ2n) is 8.81. The van der Waals surface area contributed by atoms with Crippen molar-refractivity contribution < 1.29 is 14.3 Å². The van der Waals surface area contributed by atoms with Crippen LogP contribution in [0.4, 0.5) is 10.9 Å². The lowest BCUT2D eigenvalue weighted by Gasteiger charge is -2.31. The second-order valence-corrected chi connectivity index (χ2v) is 9.91. The number of ether oxygens (including phenoxy) is 1. The molecule has 0 spiro atoms. The van der Waals surface area contributed by atoms with Crippen LogP contribution in [0, 0.1) is 11.8 Å². The number of nitrogens with zero attached hydrogens (tertiary/aromatic N) is 3. The van der Waals surface area contributed by atoms with Crippen molar-refractivity contribution in [3.05, 3.63) is 34.5 Å². The second kappa shape index (κ2) is 9.34. The van der Waals surface area contributed by atoms with Gasteiger partial charge in [-0.05, 0) is 63.5 Å². The molecule has 1 aliphatic carbocycles. The summed E-state index contributed by atoms with van der Waals surface area (Å²) in [6.45, 7) is 7.41. The number of hydrogen-bond donors (Lipinski definition) is 1. The van der Waals surface area contributed by atoms with Gasteiger partial charge in [0.1, 0.15) is 5.00 Å². The highest BCUT2D eigenvalue weighted by molar-refractivity contribution is 7.17. The minimum Gasteiger partial charge on any atom is -0.459 e. The van der Waals surface area contributed by atoms with E-state index >= 15 is 0 Å². The summed E-state index contributed by atoms with van der Waals surface area (Å²) < 4.78 is 5.51. The van der Waals surface area contributed by atoms with Crippen LogP contribution in [0.1, 0.15) is 60.8 Å². The van der Waals surface area contributed by atoms with E-state index in [1.165, 1.54) is 4.88 Å². The molecule has 31 heavy (non-hydrogen) atoms. The maximum atomic E-state index is 13.1. The first kappa shape index (κ1) is 21.7. The molecule has 166 valence electrons. The fraction of sp³-hybridized carbons (Fsp3) is 0.565. The zero-order valence-electron chi connectivity index (χ0n) is 18.4. The van der Waals surface area contributed by atoms with Gasteiger partial charge in [0.15, 0.2) is 0 Å². The summed E-state index contributed by atoms with van der Waals surface area (Å²) in [5.41, 5.74) is 1.64. The highest BCUT2D eigenvalue weighted by Crippen LogP contribution is 2.40. The van der Waals surface area contributed by atoms with E-state index in [0.29, 0.717) is 22.4 Å². The third kappa shape index (κ3) is 4.89. The topological polar surface area (TPSA) is 84.4 Å². The molecule has 0 aromatic carbocycles. The number of carbonyl (C=O) groups excluding carboxylic acids is 2. The van der Waals surface area contributed by atoms with Gasteiger partial charge < -0.3 is 15.0 Å². The van der Waals surface area contributed by atoms with E-state index in [0.717, 1.165) is 50.8 Å². The van der Waals surface area contributed by atoms with Crippen LogP contribution in [0.2, 0.25) is 0 Å². The molecule has 8 heteroatoms. The predicted molar refractivity (Wildman–Crippen MR) is 122 cm³/mol. The molecule has 1 unspecified atom stereocenters. The number of esters is 1. The van der Waals surface area contributed by atoms with Crippen molar-refractivity contribution in [3.8, 4) is 0 Å². The number of amides is 1. The molecule has 0 saturated carbocycles. The first-order valence-corrected chi connectivity index (χ1v) is 11.9. The molecule has 0 radical (unpaired) electrons. The van der Waals surface area contributed by atoms with Gasteiger partial charge in [0.25, 0.3) is 0 Å². The number of anilines is 2. The number of rotatable bonds is 5. The van der Waals surface area contributed by atoms with E-state index in [1.54, 1.807) is 29.8 Å². The third-order valence-electron chi connectivity index (χ3n) is 6.00. The number of carbonyl (C=O) groups is 2. The molecule has 0 bridgehead atoms. The lowest BCUT2D eigenvalue weighted by Crippen LogP contribution is -2.39. The molecule has 1 aliphatic heterocycles. The van der Waals surface area contributed by atoms with Crippen LogP contribution in [-0.4, -0.2) is 41.0 Å². The van der Waals surface area contributed by atoms with Crippen LogP contribution in [0.3, 0.4) is 0 Å². The maximum absolute atomic E-state index is 13.1. The number of hydrogen-bond acceptors (Lipinski definition) is 7. The Balaban J connectivity index is 1.47. The molecular weight excluding hydrogens is 412 g/mol. The van der Waals surface area contributed by atoms with Crippen LogP contribution in [0.5, 0.6) is 0 Å². The average Bonchev–Trinajstić information content (AvgIpc) is 3.10. The maximum Gasteiger partial charge on any atom is 0.341 e. The summed E-state index contributed by atoms with van der Waals surface area (Å²) in [4.78, 5) is 37.9. The van der Waals surface area contributed by atoms with Crippen LogP contribution < -0.4 is 10.2 Å². The lowest BCUT2D eigenvalue weighted by atomic mass is 9.88. The van der Waals surface area contributed by atoms with Crippen molar-refractivity contribution in [2.75, 3.05) is 23.3 Å². The molecule has 3 heterocycles. The summed E-state index contributed by atoms with van der Waals surface area (Å²) in [5, 5.41) is 3.75. The molecule has 1 fully saturated rings. The fourth-order valence-electron chi connectivity index (χ4n) is 4.34. The van der Waals surface area contributed by atoms with Crippen molar-refractivity contribution in [1.29, 1.82) is 0 Å². The number of aromatic nitrogens is 2. The SMILES string of the molecule is CC1CCc2c(sc(NC(=O)C3CCN(c4ncccn4)CC3)c2C(=O)OC(C)C)C1. The minimum absolute atomic E-state index is 0.0149. The zero-order chi connectivity index (χ0) is 22.0. The van der Waals surface area contributed by atoms with Crippen molar-refractivity contribution in [2.24, 2.45) is 11.8 Å². The summed E-state index contributed by atoms with van der Waals surface area (Å²) in [7, 11) is 0. The Hall–Kier alpha value is -2.48. The fourth-order valence-corrected chi connectivity index (χ4v) is 5.74. The van der Waals surface area contributed by atoms with Crippen LogP contribution in [-0.2, 0) is 22.4 Å².